The van der Waals surface area contributed by atoms with Crippen LogP contribution in [-0.4, -0.2) is 52.9 Å². The molecule has 10 heteroatoms. The number of fused-ring (bicyclic) bond motifs is 1. The van der Waals surface area contributed by atoms with E-state index in [1.165, 1.54) is 18.2 Å². The second kappa shape index (κ2) is 9.95. The van der Waals surface area contributed by atoms with Crippen LogP contribution in [0.15, 0.2) is 42.5 Å². The number of piperidine rings is 1. The van der Waals surface area contributed by atoms with E-state index in [0.29, 0.717) is 16.8 Å². The van der Waals surface area contributed by atoms with Crippen LogP contribution in [0, 0.1) is 24.2 Å². The molecular formula is C26H18N4O6. The quantitative estimate of drug-likeness (QED) is 0.324. The van der Waals surface area contributed by atoms with Gasteiger partial charge in [0, 0.05) is 23.2 Å². The number of rotatable bonds is 3. The van der Waals surface area contributed by atoms with Crippen LogP contribution in [0.25, 0.3) is 0 Å². The maximum atomic E-state index is 12.8. The highest BCUT2D eigenvalue weighted by atomic mass is 16.2. The molecule has 4 rings (SSSR count). The zero-order chi connectivity index (χ0) is 25.8. The Labute approximate surface area is 205 Å². The number of imide groups is 2. The summed E-state index contributed by atoms with van der Waals surface area (Å²) in [6, 6.07) is 9.79. The van der Waals surface area contributed by atoms with Gasteiger partial charge in [0.1, 0.15) is 6.04 Å². The van der Waals surface area contributed by atoms with Crippen molar-refractivity contribution in [1.29, 1.82) is 0 Å². The summed E-state index contributed by atoms with van der Waals surface area (Å²) in [5.74, 6) is 3.67. The van der Waals surface area contributed by atoms with Gasteiger partial charge in [-0.05, 0) is 42.8 Å². The monoisotopic (exact) mass is 482 g/mol. The number of hydrogen-bond acceptors (Lipinski definition) is 6. The summed E-state index contributed by atoms with van der Waals surface area (Å²) in [4.78, 5) is 74.0. The number of anilines is 1. The van der Waals surface area contributed by atoms with Crippen LogP contribution in [0.5, 0.6) is 0 Å². The first kappa shape index (κ1) is 23.9. The maximum absolute atomic E-state index is 12.8. The van der Waals surface area contributed by atoms with Crippen LogP contribution >= 0.6 is 0 Å². The first-order valence-electron chi connectivity index (χ1n) is 10.8. The van der Waals surface area contributed by atoms with Crippen molar-refractivity contribution >= 4 is 41.1 Å². The zero-order valence-corrected chi connectivity index (χ0v) is 18.7. The molecule has 2 aliphatic heterocycles. The molecule has 0 spiro atoms. The van der Waals surface area contributed by atoms with Crippen molar-refractivity contribution in [3.05, 3.63) is 64.7 Å². The number of amides is 6. The van der Waals surface area contributed by atoms with Crippen molar-refractivity contribution in [2.75, 3.05) is 11.9 Å². The fourth-order valence-corrected chi connectivity index (χ4v) is 3.77. The average Bonchev–Trinajstić information content (AvgIpc) is 3.11. The summed E-state index contributed by atoms with van der Waals surface area (Å²) in [5, 5.41) is 6.93. The molecule has 1 atom stereocenters. The van der Waals surface area contributed by atoms with Gasteiger partial charge in [0.25, 0.3) is 11.8 Å². The van der Waals surface area contributed by atoms with Gasteiger partial charge in [0.05, 0.1) is 17.7 Å². The number of terminal acetylenes is 1. The minimum atomic E-state index is -1.06. The molecule has 2 heterocycles. The van der Waals surface area contributed by atoms with Gasteiger partial charge < -0.3 is 10.6 Å². The number of carbonyl (C=O) groups excluding carboxylic acids is 6. The lowest BCUT2D eigenvalue weighted by molar-refractivity contribution is -0.136. The summed E-state index contributed by atoms with van der Waals surface area (Å²) in [6.45, 7) is -0.150. The predicted octanol–water partition coefficient (Wildman–Crippen LogP) is 0.176. The number of benzene rings is 2. The Bertz CT molecular complexity index is 1440. The topological polar surface area (TPSA) is 142 Å². The lowest BCUT2D eigenvalue weighted by Gasteiger charge is -2.27. The Balaban J connectivity index is 1.37. The van der Waals surface area contributed by atoms with E-state index in [0.717, 1.165) is 4.90 Å². The molecule has 0 aromatic heterocycles. The van der Waals surface area contributed by atoms with Crippen LogP contribution in [-0.2, 0) is 19.2 Å². The van der Waals surface area contributed by atoms with E-state index in [1.54, 1.807) is 24.3 Å². The van der Waals surface area contributed by atoms with Gasteiger partial charge in [-0.3, -0.25) is 39.0 Å². The van der Waals surface area contributed by atoms with Gasteiger partial charge in [-0.25, -0.2) is 0 Å². The van der Waals surface area contributed by atoms with Crippen LogP contribution in [0.2, 0.25) is 0 Å². The van der Waals surface area contributed by atoms with Crippen molar-refractivity contribution in [2.45, 2.75) is 18.9 Å². The lowest BCUT2D eigenvalue weighted by atomic mass is 10.0. The second-order valence-corrected chi connectivity index (χ2v) is 7.87. The van der Waals surface area contributed by atoms with Crippen molar-refractivity contribution < 1.29 is 28.8 Å². The molecular weight excluding hydrogens is 464 g/mol. The molecule has 10 nitrogen and oxygen atoms in total. The highest BCUT2D eigenvalue weighted by Crippen LogP contribution is 2.28. The van der Waals surface area contributed by atoms with Crippen LogP contribution in [0.4, 0.5) is 5.69 Å². The minimum absolute atomic E-state index is 0.0293. The third-order valence-electron chi connectivity index (χ3n) is 5.50. The molecule has 178 valence electrons. The molecule has 2 aromatic carbocycles. The van der Waals surface area contributed by atoms with E-state index in [2.05, 4.69) is 33.7 Å². The maximum Gasteiger partial charge on any atom is 0.313 e. The summed E-state index contributed by atoms with van der Waals surface area (Å²) in [6.07, 6.45) is 5.40. The Morgan fingerprint density at radius 1 is 1.00 bits per heavy atom. The third-order valence-corrected chi connectivity index (χ3v) is 5.50. The normalized spacial score (nSPS) is 16.3. The number of hydrogen-bond donors (Lipinski definition) is 3. The fraction of sp³-hybridized carbons (Fsp3) is 0.154. The van der Waals surface area contributed by atoms with Crippen molar-refractivity contribution in [3.8, 4) is 24.2 Å². The largest absolute Gasteiger partial charge is 0.337 e. The van der Waals surface area contributed by atoms with Crippen LogP contribution in [0.3, 0.4) is 0 Å². The molecule has 1 saturated heterocycles. The standard InChI is InChI=1S/C26H18N4O6/c1-2-15-5-3-7-17(13-15)28-24(34)23(33)27-12-4-6-16-8-9-18-19(14-16)26(36)30(25(18)35)20-10-11-21(31)29-22(20)32/h1,3,5,7-9,13-14,20H,10-12H2,(H,27,33)(H,28,34)(H,29,31,32). The van der Waals surface area contributed by atoms with Crippen LogP contribution in [0.1, 0.15) is 44.7 Å². The molecule has 0 aliphatic carbocycles. The van der Waals surface area contributed by atoms with Gasteiger partial charge in [-0.2, -0.15) is 0 Å². The van der Waals surface area contributed by atoms with E-state index < -0.39 is 41.5 Å². The molecule has 6 amide bonds. The molecule has 1 unspecified atom stereocenters. The average molecular weight is 482 g/mol. The molecule has 0 radical (unpaired) electrons. The Kier molecular flexibility index (Phi) is 6.61. The highest BCUT2D eigenvalue weighted by molar-refractivity contribution is 6.39. The molecule has 1 fully saturated rings. The van der Waals surface area contributed by atoms with Gasteiger partial charge in [0.2, 0.25) is 11.8 Å². The van der Waals surface area contributed by atoms with Gasteiger partial charge in [0.15, 0.2) is 0 Å². The number of carbonyl (C=O) groups is 6. The minimum Gasteiger partial charge on any atom is -0.337 e. The van der Waals surface area contributed by atoms with E-state index >= 15 is 0 Å². The SMILES string of the molecule is C#Cc1cccc(NC(=O)C(=O)NCC#Cc2ccc3c(c2)C(=O)N(C2CCC(=O)NC2=O)C3=O)c1. The number of nitrogens with zero attached hydrogens (tertiary/aromatic N) is 1. The summed E-state index contributed by atoms with van der Waals surface area (Å²) < 4.78 is 0. The zero-order valence-electron chi connectivity index (χ0n) is 18.7. The highest BCUT2D eigenvalue weighted by Gasteiger charge is 2.44. The molecule has 0 saturated carbocycles. The Morgan fingerprint density at radius 2 is 1.78 bits per heavy atom. The molecule has 3 N–H and O–H groups in total. The summed E-state index contributed by atoms with van der Waals surface area (Å²) in [5.41, 5.74) is 1.54. The first-order chi connectivity index (χ1) is 17.3. The van der Waals surface area contributed by atoms with Gasteiger partial charge in [-0.1, -0.05) is 23.8 Å². The second-order valence-electron chi connectivity index (χ2n) is 7.87. The molecule has 2 aromatic rings. The van der Waals surface area contributed by atoms with E-state index in [4.69, 9.17) is 6.42 Å². The predicted molar refractivity (Wildman–Crippen MR) is 126 cm³/mol. The molecule has 36 heavy (non-hydrogen) atoms. The van der Waals surface area contributed by atoms with Crippen LogP contribution < -0.4 is 16.0 Å². The van der Waals surface area contributed by atoms with Gasteiger partial charge >= 0.3 is 11.8 Å². The lowest BCUT2D eigenvalue weighted by Crippen LogP contribution is -2.54. The number of nitrogens with one attached hydrogen (secondary N) is 3. The third kappa shape index (κ3) is 4.83. The van der Waals surface area contributed by atoms with Crippen molar-refractivity contribution in [3.63, 3.8) is 0 Å². The van der Waals surface area contributed by atoms with E-state index in [9.17, 15) is 28.8 Å². The van der Waals surface area contributed by atoms with Gasteiger partial charge in [-0.15, -0.1) is 6.42 Å². The van der Waals surface area contributed by atoms with E-state index in [-0.39, 0.29) is 30.5 Å². The fourth-order valence-electron chi connectivity index (χ4n) is 3.77. The van der Waals surface area contributed by atoms with E-state index in [1.807, 2.05) is 0 Å². The Hall–Kier alpha value is -5.22. The smallest absolute Gasteiger partial charge is 0.313 e. The van der Waals surface area contributed by atoms with Crippen molar-refractivity contribution in [2.24, 2.45) is 0 Å². The molecule has 0 bridgehead atoms. The summed E-state index contributed by atoms with van der Waals surface area (Å²) in [7, 11) is 0. The first-order valence-corrected chi connectivity index (χ1v) is 10.8. The molecule has 2 aliphatic rings. The Morgan fingerprint density at radius 3 is 2.53 bits per heavy atom. The summed E-state index contributed by atoms with van der Waals surface area (Å²) >= 11 is 0. The van der Waals surface area contributed by atoms with Crippen molar-refractivity contribution in [1.82, 2.24) is 15.5 Å².